The van der Waals surface area contributed by atoms with Gasteiger partial charge in [0.1, 0.15) is 5.75 Å². The molecule has 0 aliphatic carbocycles. The number of para-hydroxylation sites is 2. The second-order valence-electron chi connectivity index (χ2n) is 8.21. The Hall–Kier alpha value is -3.58. The standard InChI is InChI=1S/C27H25N3O3S/c1-3-33-21-14-12-20(13-15-21)30-26(32)22-9-5-6-10-23(22)28-27(30)34-17-25(31)29-18(2)16-19-8-4-7-11-24(19)29/h4-15,18H,3,16-17H2,1-2H3/t18-/m0/s1. The third kappa shape index (κ3) is 4.07. The topological polar surface area (TPSA) is 64.4 Å². The quantitative estimate of drug-likeness (QED) is 0.297. The molecule has 0 spiro atoms. The van der Waals surface area contributed by atoms with Gasteiger partial charge in [-0.25, -0.2) is 4.98 Å². The lowest BCUT2D eigenvalue weighted by molar-refractivity contribution is -0.116. The van der Waals surface area contributed by atoms with Gasteiger partial charge in [-0.3, -0.25) is 14.2 Å². The number of hydrogen-bond acceptors (Lipinski definition) is 5. The average molecular weight is 472 g/mol. The molecule has 6 nitrogen and oxygen atoms in total. The van der Waals surface area contributed by atoms with Crippen molar-refractivity contribution in [3.05, 3.63) is 88.7 Å². The minimum absolute atomic E-state index is 0.00287. The molecule has 1 aromatic heterocycles. The SMILES string of the molecule is CCOc1ccc(-n2c(SCC(=O)N3c4ccccc4C[C@@H]3C)nc3ccccc3c2=O)cc1. The van der Waals surface area contributed by atoms with E-state index >= 15 is 0 Å². The highest BCUT2D eigenvalue weighted by atomic mass is 32.2. The molecule has 4 aromatic rings. The fourth-order valence-electron chi connectivity index (χ4n) is 4.44. The van der Waals surface area contributed by atoms with Crippen LogP contribution in [0.15, 0.2) is 82.7 Å². The number of carbonyl (C=O) groups is 1. The van der Waals surface area contributed by atoms with Crippen molar-refractivity contribution in [2.75, 3.05) is 17.3 Å². The average Bonchev–Trinajstić information content (AvgIpc) is 3.19. The Bertz CT molecular complexity index is 1420. The van der Waals surface area contributed by atoms with Crippen LogP contribution in [0.5, 0.6) is 5.75 Å². The normalized spacial score (nSPS) is 14.9. The maximum absolute atomic E-state index is 13.5. The van der Waals surface area contributed by atoms with Crippen LogP contribution in [0.25, 0.3) is 16.6 Å². The summed E-state index contributed by atoms with van der Waals surface area (Å²) in [6, 6.07) is 22.8. The van der Waals surface area contributed by atoms with Crippen molar-refractivity contribution in [2.45, 2.75) is 31.5 Å². The predicted octanol–water partition coefficient (Wildman–Crippen LogP) is 4.85. The van der Waals surface area contributed by atoms with E-state index < -0.39 is 0 Å². The minimum Gasteiger partial charge on any atom is -0.494 e. The van der Waals surface area contributed by atoms with Crippen LogP contribution in [0.2, 0.25) is 0 Å². The molecule has 1 aliphatic heterocycles. The first-order valence-corrected chi connectivity index (χ1v) is 12.3. The molecule has 5 rings (SSSR count). The molecule has 3 aromatic carbocycles. The maximum atomic E-state index is 13.5. The molecule has 2 heterocycles. The summed E-state index contributed by atoms with van der Waals surface area (Å²) in [6.45, 7) is 4.56. The van der Waals surface area contributed by atoms with Gasteiger partial charge in [0.05, 0.1) is 29.0 Å². The van der Waals surface area contributed by atoms with Gasteiger partial charge in [-0.05, 0) is 68.3 Å². The van der Waals surface area contributed by atoms with Crippen molar-refractivity contribution >= 4 is 34.3 Å². The highest BCUT2D eigenvalue weighted by Gasteiger charge is 2.30. The highest BCUT2D eigenvalue weighted by molar-refractivity contribution is 7.99. The number of carbonyl (C=O) groups excluding carboxylic acids is 1. The fraction of sp³-hybridized carbons (Fsp3) is 0.222. The molecule has 0 bridgehead atoms. The summed E-state index contributed by atoms with van der Waals surface area (Å²) in [4.78, 5) is 33.4. The number of benzene rings is 3. The van der Waals surface area contributed by atoms with E-state index in [-0.39, 0.29) is 23.3 Å². The van der Waals surface area contributed by atoms with E-state index in [2.05, 4.69) is 13.0 Å². The molecule has 0 saturated heterocycles. The molecule has 0 fully saturated rings. The number of fused-ring (bicyclic) bond motifs is 2. The summed E-state index contributed by atoms with van der Waals surface area (Å²) < 4.78 is 7.12. The van der Waals surface area contributed by atoms with Crippen LogP contribution in [-0.2, 0) is 11.2 Å². The zero-order chi connectivity index (χ0) is 23.7. The van der Waals surface area contributed by atoms with Gasteiger partial charge in [-0.15, -0.1) is 0 Å². The van der Waals surface area contributed by atoms with Crippen LogP contribution in [0.1, 0.15) is 19.4 Å². The number of hydrogen-bond donors (Lipinski definition) is 0. The lowest BCUT2D eigenvalue weighted by atomic mass is 10.1. The van der Waals surface area contributed by atoms with E-state index in [1.54, 1.807) is 10.6 Å². The molecule has 0 N–H and O–H groups in total. The summed E-state index contributed by atoms with van der Waals surface area (Å²) in [7, 11) is 0. The molecule has 1 aliphatic rings. The van der Waals surface area contributed by atoms with Crippen LogP contribution >= 0.6 is 11.8 Å². The van der Waals surface area contributed by atoms with E-state index in [0.717, 1.165) is 17.9 Å². The third-order valence-corrected chi connectivity index (χ3v) is 6.87. The molecule has 0 saturated carbocycles. The van der Waals surface area contributed by atoms with Crippen LogP contribution in [-0.4, -0.2) is 33.9 Å². The zero-order valence-electron chi connectivity index (χ0n) is 19.1. The lowest BCUT2D eigenvalue weighted by Gasteiger charge is -2.23. The molecule has 172 valence electrons. The summed E-state index contributed by atoms with van der Waals surface area (Å²) >= 11 is 1.29. The summed E-state index contributed by atoms with van der Waals surface area (Å²) in [6.07, 6.45) is 0.845. The molecule has 1 amide bonds. The summed E-state index contributed by atoms with van der Waals surface area (Å²) in [5.74, 6) is 0.919. The number of rotatable bonds is 6. The second kappa shape index (κ2) is 9.35. The smallest absolute Gasteiger partial charge is 0.266 e. The van der Waals surface area contributed by atoms with Gasteiger partial charge in [-0.1, -0.05) is 42.1 Å². The summed E-state index contributed by atoms with van der Waals surface area (Å²) in [5.41, 5.74) is 3.29. The van der Waals surface area contributed by atoms with Gasteiger partial charge in [0, 0.05) is 11.7 Å². The monoisotopic (exact) mass is 471 g/mol. The van der Waals surface area contributed by atoms with Crippen molar-refractivity contribution in [1.82, 2.24) is 9.55 Å². The van der Waals surface area contributed by atoms with Crippen molar-refractivity contribution in [1.29, 1.82) is 0 Å². The van der Waals surface area contributed by atoms with E-state index in [1.807, 2.05) is 72.5 Å². The van der Waals surface area contributed by atoms with Gasteiger partial charge >= 0.3 is 0 Å². The van der Waals surface area contributed by atoms with Crippen molar-refractivity contribution in [3.8, 4) is 11.4 Å². The number of ether oxygens (including phenoxy) is 1. The van der Waals surface area contributed by atoms with Gasteiger partial charge in [-0.2, -0.15) is 0 Å². The van der Waals surface area contributed by atoms with Crippen LogP contribution in [0.4, 0.5) is 5.69 Å². The number of aromatic nitrogens is 2. The zero-order valence-corrected chi connectivity index (χ0v) is 19.9. The first-order chi connectivity index (χ1) is 16.6. The van der Waals surface area contributed by atoms with Gasteiger partial charge < -0.3 is 9.64 Å². The van der Waals surface area contributed by atoms with Crippen LogP contribution < -0.4 is 15.2 Å². The Morgan fingerprint density at radius 1 is 1.06 bits per heavy atom. The molecule has 0 radical (unpaired) electrons. The molecule has 1 atom stereocenters. The largest absolute Gasteiger partial charge is 0.494 e. The van der Waals surface area contributed by atoms with Gasteiger partial charge in [0.15, 0.2) is 5.16 Å². The van der Waals surface area contributed by atoms with Crippen molar-refractivity contribution < 1.29 is 9.53 Å². The Labute approximate surface area is 202 Å². The second-order valence-corrected chi connectivity index (χ2v) is 9.16. The Balaban J connectivity index is 1.50. The first-order valence-electron chi connectivity index (χ1n) is 11.3. The lowest BCUT2D eigenvalue weighted by Crippen LogP contribution is -2.37. The number of amides is 1. The number of anilines is 1. The Morgan fingerprint density at radius 3 is 2.59 bits per heavy atom. The van der Waals surface area contributed by atoms with Gasteiger partial charge in [0.2, 0.25) is 5.91 Å². The fourth-order valence-corrected chi connectivity index (χ4v) is 5.31. The van der Waals surface area contributed by atoms with E-state index in [0.29, 0.717) is 28.4 Å². The van der Waals surface area contributed by atoms with E-state index in [9.17, 15) is 9.59 Å². The maximum Gasteiger partial charge on any atom is 0.266 e. The Morgan fingerprint density at radius 2 is 1.79 bits per heavy atom. The number of thioether (sulfide) groups is 1. The van der Waals surface area contributed by atoms with Crippen molar-refractivity contribution in [2.24, 2.45) is 0 Å². The van der Waals surface area contributed by atoms with Crippen LogP contribution in [0, 0.1) is 0 Å². The van der Waals surface area contributed by atoms with Crippen LogP contribution in [0.3, 0.4) is 0 Å². The summed E-state index contributed by atoms with van der Waals surface area (Å²) in [5, 5.41) is 1.02. The molecular weight excluding hydrogens is 446 g/mol. The van der Waals surface area contributed by atoms with Crippen molar-refractivity contribution in [3.63, 3.8) is 0 Å². The molecule has 0 unspecified atom stereocenters. The highest BCUT2D eigenvalue weighted by Crippen LogP contribution is 2.33. The molecular formula is C27H25N3O3S. The number of nitrogens with zero attached hydrogens (tertiary/aromatic N) is 3. The molecule has 7 heteroatoms. The third-order valence-electron chi connectivity index (χ3n) is 5.95. The first kappa shape index (κ1) is 22.2. The van der Waals surface area contributed by atoms with Gasteiger partial charge in [0.25, 0.3) is 5.56 Å². The Kier molecular flexibility index (Phi) is 6.11. The minimum atomic E-state index is -0.162. The van der Waals surface area contributed by atoms with E-state index in [4.69, 9.17) is 9.72 Å². The molecule has 34 heavy (non-hydrogen) atoms. The van der Waals surface area contributed by atoms with E-state index in [1.165, 1.54) is 17.3 Å². The predicted molar refractivity (Wildman–Crippen MR) is 136 cm³/mol.